The third-order valence-corrected chi connectivity index (χ3v) is 4.53. The van der Waals surface area contributed by atoms with Crippen molar-refractivity contribution in [3.05, 3.63) is 16.7 Å². The van der Waals surface area contributed by atoms with E-state index < -0.39 is 0 Å². The maximum absolute atomic E-state index is 5.68. The summed E-state index contributed by atoms with van der Waals surface area (Å²) in [5.41, 5.74) is 6.38. The van der Waals surface area contributed by atoms with Gasteiger partial charge in [0.1, 0.15) is 5.82 Å². The molecule has 2 bridgehead atoms. The molecule has 1 aromatic rings. The fourth-order valence-electron chi connectivity index (χ4n) is 3.16. The van der Waals surface area contributed by atoms with Crippen LogP contribution in [-0.2, 0) is 0 Å². The Bertz CT molecular complexity index is 407. The molecule has 3 unspecified atom stereocenters. The first-order chi connectivity index (χ1) is 7.72. The topological polar surface area (TPSA) is 50.9 Å². The number of aromatic nitrogens is 1. The standard InChI is InChI=1S/C12H16BrN3/c13-10-5-9(14)6-15-12(10)16-11-4-7-1-2-8(11)3-7/h5-8,11H,1-4,14H2,(H,15,16). The molecular weight excluding hydrogens is 266 g/mol. The van der Waals surface area contributed by atoms with Crippen LogP contribution >= 0.6 is 15.9 Å². The molecular formula is C12H16BrN3. The molecule has 0 radical (unpaired) electrons. The Morgan fingerprint density at radius 2 is 2.25 bits per heavy atom. The van der Waals surface area contributed by atoms with E-state index in [2.05, 4.69) is 26.2 Å². The summed E-state index contributed by atoms with van der Waals surface area (Å²) in [7, 11) is 0. The number of anilines is 2. The molecule has 0 amide bonds. The van der Waals surface area contributed by atoms with Crippen molar-refractivity contribution in [2.45, 2.75) is 31.7 Å². The monoisotopic (exact) mass is 281 g/mol. The van der Waals surface area contributed by atoms with Crippen molar-refractivity contribution in [1.82, 2.24) is 4.98 Å². The number of rotatable bonds is 2. The van der Waals surface area contributed by atoms with Gasteiger partial charge in [-0.15, -0.1) is 0 Å². The predicted octanol–water partition coefficient (Wildman–Crippen LogP) is 3.03. The molecule has 3 N–H and O–H groups in total. The quantitative estimate of drug-likeness (QED) is 0.876. The van der Waals surface area contributed by atoms with E-state index in [9.17, 15) is 0 Å². The van der Waals surface area contributed by atoms with E-state index in [4.69, 9.17) is 5.73 Å². The highest BCUT2D eigenvalue weighted by molar-refractivity contribution is 9.10. The molecule has 2 aliphatic carbocycles. The van der Waals surface area contributed by atoms with E-state index in [1.54, 1.807) is 6.20 Å². The number of nitrogens with two attached hydrogens (primary N) is 1. The average molecular weight is 282 g/mol. The number of pyridine rings is 1. The van der Waals surface area contributed by atoms with Crippen LogP contribution in [0.3, 0.4) is 0 Å². The number of hydrogen-bond donors (Lipinski definition) is 2. The number of nitrogen functional groups attached to an aromatic ring is 1. The van der Waals surface area contributed by atoms with Crippen LogP contribution in [0.4, 0.5) is 11.5 Å². The molecule has 0 aliphatic heterocycles. The van der Waals surface area contributed by atoms with Crippen molar-refractivity contribution in [3.63, 3.8) is 0 Å². The van der Waals surface area contributed by atoms with Crippen LogP contribution < -0.4 is 11.1 Å². The number of hydrogen-bond acceptors (Lipinski definition) is 3. The third kappa shape index (κ3) is 1.79. The summed E-state index contributed by atoms with van der Waals surface area (Å²) in [5.74, 6) is 2.75. The van der Waals surface area contributed by atoms with E-state index in [1.165, 1.54) is 25.7 Å². The van der Waals surface area contributed by atoms with Gasteiger partial charge in [0, 0.05) is 6.04 Å². The second-order valence-electron chi connectivity index (χ2n) is 5.02. The number of nitrogens with zero attached hydrogens (tertiary/aromatic N) is 1. The van der Waals surface area contributed by atoms with Gasteiger partial charge in [0.15, 0.2) is 0 Å². The Labute approximate surface area is 104 Å². The zero-order valence-corrected chi connectivity index (χ0v) is 10.7. The summed E-state index contributed by atoms with van der Waals surface area (Å²) in [5, 5.41) is 3.55. The van der Waals surface area contributed by atoms with Gasteiger partial charge in [0.2, 0.25) is 0 Å². The van der Waals surface area contributed by atoms with Gasteiger partial charge >= 0.3 is 0 Å². The molecule has 3 rings (SSSR count). The SMILES string of the molecule is Nc1cnc(NC2CC3CCC2C3)c(Br)c1. The molecule has 4 heteroatoms. The van der Waals surface area contributed by atoms with E-state index >= 15 is 0 Å². The first-order valence-corrected chi connectivity index (χ1v) is 6.69. The summed E-state index contributed by atoms with van der Waals surface area (Å²) >= 11 is 3.50. The molecule has 2 saturated carbocycles. The summed E-state index contributed by atoms with van der Waals surface area (Å²) < 4.78 is 0.968. The Hall–Kier alpha value is -0.770. The van der Waals surface area contributed by atoms with Crippen molar-refractivity contribution >= 4 is 27.4 Å². The molecule has 1 heterocycles. The van der Waals surface area contributed by atoms with Crippen LogP contribution in [-0.4, -0.2) is 11.0 Å². The minimum Gasteiger partial charge on any atom is -0.397 e. The lowest BCUT2D eigenvalue weighted by Crippen LogP contribution is -2.26. The number of nitrogens with one attached hydrogen (secondary N) is 1. The molecule has 2 fully saturated rings. The summed E-state index contributed by atoms with van der Waals surface area (Å²) in [6.45, 7) is 0. The Balaban J connectivity index is 1.74. The first-order valence-electron chi connectivity index (χ1n) is 5.90. The molecule has 0 aromatic carbocycles. The Morgan fingerprint density at radius 3 is 2.88 bits per heavy atom. The lowest BCUT2D eigenvalue weighted by atomic mass is 9.95. The fraction of sp³-hybridized carbons (Fsp3) is 0.583. The minimum absolute atomic E-state index is 0.617. The third-order valence-electron chi connectivity index (χ3n) is 3.92. The zero-order chi connectivity index (χ0) is 11.1. The molecule has 3 atom stereocenters. The lowest BCUT2D eigenvalue weighted by molar-refractivity contribution is 0.439. The Kier molecular flexibility index (Phi) is 2.54. The minimum atomic E-state index is 0.617. The highest BCUT2D eigenvalue weighted by Crippen LogP contribution is 2.45. The van der Waals surface area contributed by atoms with Gasteiger partial charge < -0.3 is 11.1 Å². The van der Waals surface area contributed by atoms with Gasteiger partial charge in [-0.2, -0.15) is 0 Å². The molecule has 0 saturated heterocycles. The maximum Gasteiger partial charge on any atom is 0.140 e. The number of fused-ring (bicyclic) bond motifs is 2. The highest BCUT2D eigenvalue weighted by atomic mass is 79.9. The van der Waals surface area contributed by atoms with E-state index in [-0.39, 0.29) is 0 Å². The normalized spacial score (nSPS) is 31.9. The van der Waals surface area contributed by atoms with Crippen molar-refractivity contribution in [2.24, 2.45) is 11.8 Å². The van der Waals surface area contributed by atoms with Gasteiger partial charge in [-0.3, -0.25) is 0 Å². The summed E-state index contributed by atoms with van der Waals surface area (Å²) in [6.07, 6.45) is 7.24. The fourth-order valence-corrected chi connectivity index (χ4v) is 3.64. The van der Waals surface area contributed by atoms with Crippen molar-refractivity contribution < 1.29 is 0 Å². The highest BCUT2D eigenvalue weighted by Gasteiger charge is 2.39. The summed E-state index contributed by atoms with van der Waals surface area (Å²) in [4.78, 5) is 4.34. The maximum atomic E-state index is 5.68. The van der Waals surface area contributed by atoms with E-state index in [0.29, 0.717) is 11.7 Å². The second kappa shape index (κ2) is 3.91. The smallest absolute Gasteiger partial charge is 0.140 e. The van der Waals surface area contributed by atoms with Crippen molar-refractivity contribution in [3.8, 4) is 0 Å². The van der Waals surface area contributed by atoms with Crippen LogP contribution in [0.2, 0.25) is 0 Å². The van der Waals surface area contributed by atoms with Crippen LogP contribution in [0.25, 0.3) is 0 Å². The van der Waals surface area contributed by atoms with Gasteiger partial charge in [0.05, 0.1) is 16.4 Å². The number of halogens is 1. The van der Waals surface area contributed by atoms with Crippen LogP contribution in [0.5, 0.6) is 0 Å². The van der Waals surface area contributed by atoms with Crippen LogP contribution in [0.1, 0.15) is 25.7 Å². The van der Waals surface area contributed by atoms with Gasteiger partial charge in [-0.05, 0) is 53.1 Å². The molecule has 16 heavy (non-hydrogen) atoms. The molecule has 1 aromatic heterocycles. The van der Waals surface area contributed by atoms with Crippen molar-refractivity contribution in [1.29, 1.82) is 0 Å². The predicted molar refractivity (Wildman–Crippen MR) is 69.2 cm³/mol. The van der Waals surface area contributed by atoms with Crippen LogP contribution in [0.15, 0.2) is 16.7 Å². The zero-order valence-electron chi connectivity index (χ0n) is 9.12. The van der Waals surface area contributed by atoms with Crippen LogP contribution in [0, 0.1) is 11.8 Å². The molecule has 2 aliphatic rings. The second-order valence-corrected chi connectivity index (χ2v) is 5.88. The van der Waals surface area contributed by atoms with Crippen molar-refractivity contribution in [2.75, 3.05) is 11.1 Å². The van der Waals surface area contributed by atoms with E-state index in [0.717, 1.165) is 22.1 Å². The van der Waals surface area contributed by atoms with Gasteiger partial charge in [-0.1, -0.05) is 6.42 Å². The lowest BCUT2D eigenvalue weighted by Gasteiger charge is -2.23. The average Bonchev–Trinajstić information content (AvgIpc) is 2.84. The van der Waals surface area contributed by atoms with Gasteiger partial charge in [-0.25, -0.2) is 4.98 Å². The van der Waals surface area contributed by atoms with Gasteiger partial charge in [0.25, 0.3) is 0 Å². The first kappa shape index (κ1) is 10.4. The Morgan fingerprint density at radius 1 is 1.38 bits per heavy atom. The summed E-state index contributed by atoms with van der Waals surface area (Å²) in [6, 6.07) is 2.52. The molecule has 3 nitrogen and oxygen atoms in total. The largest absolute Gasteiger partial charge is 0.397 e. The molecule has 0 spiro atoms. The van der Waals surface area contributed by atoms with E-state index in [1.807, 2.05) is 6.07 Å². The molecule has 86 valence electrons.